The molecule has 0 bridgehead atoms. The third-order valence-corrected chi connectivity index (χ3v) is 4.57. The Balaban J connectivity index is 0.00000192. The molecule has 0 unspecified atom stereocenters. The van der Waals surface area contributed by atoms with Crippen LogP contribution in [0.3, 0.4) is 0 Å². The molecule has 1 saturated heterocycles. The van der Waals surface area contributed by atoms with Crippen molar-refractivity contribution in [1.82, 2.24) is 15.6 Å². The first-order chi connectivity index (χ1) is 10.8. The molecule has 0 atom stereocenters. The van der Waals surface area contributed by atoms with E-state index in [1.165, 1.54) is 12.8 Å². The second-order valence-corrected chi connectivity index (χ2v) is 6.27. The molecular weight excluding hydrogens is 314 g/mol. The number of amides is 1. The van der Waals surface area contributed by atoms with Crippen LogP contribution in [0.1, 0.15) is 44.1 Å². The van der Waals surface area contributed by atoms with E-state index in [2.05, 4.69) is 15.6 Å². The molecule has 23 heavy (non-hydrogen) atoms. The Morgan fingerprint density at radius 3 is 2.74 bits per heavy atom. The van der Waals surface area contributed by atoms with Crippen LogP contribution < -0.4 is 15.4 Å². The summed E-state index contributed by atoms with van der Waals surface area (Å²) in [5.41, 5.74) is 1.05. The summed E-state index contributed by atoms with van der Waals surface area (Å²) in [6.45, 7) is 2.42. The minimum Gasteiger partial charge on any atom is -0.474 e. The molecule has 0 aromatic carbocycles. The van der Waals surface area contributed by atoms with E-state index in [0.29, 0.717) is 18.5 Å². The summed E-state index contributed by atoms with van der Waals surface area (Å²) in [7, 11) is 0. The minimum absolute atomic E-state index is 0. The van der Waals surface area contributed by atoms with Gasteiger partial charge in [0.05, 0.1) is 0 Å². The van der Waals surface area contributed by atoms with Crippen LogP contribution in [0.5, 0.6) is 5.88 Å². The van der Waals surface area contributed by atoms with Crippen molar-refractivity contribution in [3.05, 3.63) is 23.9 Å². The van der Waals surface area contributed by atoms with Crippen LogP contribution in [0.2, 0.25) is 0 Å². The average molecular weight is 340 g/mol. The molecule has 1 aliphatic heterocycles. The van der Waals surface area contributed by atoms with Crippen molar-refractivity contribution in [3.63, 3.8) is 0 Å². The van der Waals surface area contributed by atoms with Crippen LogP contribution >= 0.6 is 12.4 Å². The molecule has 0 radical (unpaired) electrons. The fraction of sp³-hybridized carbons (Fsp3) is 0.647. The van der Waals surface area contributed by atoms with Crippen molar-refractivity contribution in [3.8, 4) is 5.88 Å². The Labute approximate surface area is 144 Å². The van der Waals surface area contributed by atoms with Gasteiger partial charge in [0.1, 0.15) is 6.10 Å². The molecule has 1 amide bonds. The van der Waals surface area contributed by atoms with Crippen LogP contribution in [0, 0.1) is 5.92 Å². The molecule has 2 aliphatic rings. The summed E-state index contributed by atoms with van der Waals surface area (Å²) < 4.78 is 5.91. The highest BCUT2D eigenvalue weighted by Crippen LogP contribution is 2.23. The zero-order valence-corrected chi connectivity index (χ0v) is 14.2. The summed E-state index contributed by atoms with van der Waals surface area (Å²) in [5, 5.41) is 6.32. The monoisotopic (exact) mass is 339 g/mol. The van der Waals surface area contributed by atoms with Gasteiger partial charge in [-0.2, -0.15) is 0 Å². The largest absolute Gasteiger partial charge is 0.474 e. The van der Waals surface area contributed by atoms with Crippen molar-refractivity contribution >= 4 is 18.3 Å². The van der Waals surface area contributed by atoms with Crippen molar-refractivity contribution < 1.29 is 9.53 Å². The highest BCUT2D eigenvalue weighted by atomic mass is 35.5. The first kappa shape index (κ1) is 18.0. The summed E-state index contributed by atoms with van der Waals surface area (Å²) >= 11 is 0. The standard InChI is InChI=1S/C17H25N3O2.ClH/c21-17(14-6-8-18-9-7-14)20-12-13-5-10-19-16(11-13)22-15-3-1-2-4-15;/h5,10-11,14-15,18H,1-4,6-9,12H2,(H,20,21);1H. The van der Waals surface area contributed by atoms with Crippen molar-refractivity contribution in [2.24, 2.45) is 5.92 Å². The lowest BCUT2D eigenvalue weighted by atomic mass is 9.97. The fourth-order valence-corrected chi connectivity index (χ4v) is 3.22. The molecule has 2 heterocycles. The minimum atomic E-state index is 0. The van der Waals surface area contributed by atoms with Gasteiger partial charge in [-0.1, -0.05) is 0 Å². The highest BCUT2D eigenvalue weighted by Gasteiger charge is 2.20. The summed E-state index contributed by atoms with van der Waals surface area (Å²) in [6, 6.07) is 3.88. The predicted octanol–water partition coefficient (Wildman–Crippen LogP) is 2.44. The molecule has 2 fully saturated rings. The number of carbonyl (C=O) groups is 1. The normalized spacial score (nSPS) is 19.1. The summed E-state index contributed by atoms with van der Waals surface area (Å²) in [4.78, 5) is 16.4. The summed E-state index contributed by atoms with van der Waals surface area (Å²) in [5.74, 6) is 0.995. The van der Waals surface area contributed by atoms with Gasteiger partial charge in [-0.15, -0.1) is 12.4 Å². The molecule has 3 rings (SSSR count). The number of hydrogen-bond donors (Lipinski definition) is 2. The van der Waals surface area contributed by atoms with E-state index in [1.807, 2.05) is 12.1 Å². The number of halogens is 1. The van der Waals surface area contributed by atoms with Gasteiger partial charge < -0.3 is 15.4 Å². The third-order valence-electron chi connectivity index (χ3n) is 4.57. The van der Waals surface area contributed by atoms with E-state index in [-0.39, 0.29) is 24.2 Å². The predicted molar refractivity (Wildman–Crippen MR) is 91.8 cm³/mol. The fourth-order valence-electron chi connectivity index (χ4n) is 3.22. The van der Waals surface area contributed by atoms with Gasteiger partial charge in [0.15, 0.2) is 0 Å². The second-order valence-electron chi connectivity index (χ2n) is 6.27. The van der Waals surface area contributed by atoms with Crippen molar-refractivity contribution in [1.29, 1.82) is 0 Å². The topological polar surface area (TPSA) is 63.2 Å². The smallest absolute Gasteiger partial charge is 0.223 e. The average Bonchev–Trinajstić information content (AvgIpc) is 3.07. The zero-order valence-electron chi connectivity index (χ0n) is 13.4. The highest BCUT2D eigenvalue weighted by molar-refractivity contribution is 5.85. The van der Waals surface area contributed by atoms with Crippen molar-refractivity contribution in [2.75, 3.05) is 13.1 Å². The van der Waals surface area contributed by atoms with Crippen molar-refractivity contribution in [2.45, 2.75) is 51.2 Å². The lowest BCUT2D eigenvalue weighted by Crippen LogP contribution is -2.37. The van der Waals surface area contributed by atoms with Gasteiger partial charge in [0, 0.05) is 24.7 Å². The molecule has 0 spiro atoms. The van der Waals surface area contributed by atoms with Crippen LogP contribution in [0.4, 0.5) is 0 Å². The van der Waals surface area contributed by atoms with E-state index in [1.54, 1.807) is 6.20 Å². The first-order valence-corrected chi connectivity index (χ1v) is 8.41. The summed E-state index contributed by atoms with van der Waals surface area (Å²) in [6.07, 6.45) is 8.67. The Bertz CT molecular complexity index is 500. The maximum atomic E-state index is 12.1. The number of rotatable bonds is 5. The molecule has 1 saturated carbocycles. The van der Waals surface area contributed by atoms with Crippen LogP contribution in [0.15, 0.2) is 18.3 Å². The molecular formula is C17H26ClN3O2. The van der Waals surface area contributed by atoms with Gasteiger partial charge >= 0.3 is 0 Å². The Hall–Kier alpha value is -1.33. The molecule has 1 aromatic heterocycles. The number of aromatic nitrogens is 1. The van der Waals surface area contributed by atoms with Crippen LogP contribution in [-0.2, 0) is 11.3 Å². The third kappa shape index (κ3) is 5.36. The maximum Gasteiger partial charge on any atom is 0.223 e. The molecule has 128 valence electrons. The van der Waals surface area contributed by atoms with E-state index in [4.69, 9.17) is 4.74 Å². The molecule has 1 aliphatic carbocycles. The Morgan fingerprint density at radius 1 is 1.26 bits per heavy atom. The van der Waals surface area contributed by atoms with Gasteiger partial charge in [0.25, 0.3) is 0 Å². The van der Waals surface area contributed by atoms with Gasteiger partial charge in [0.2, 0.25) is 11.8 Å². The van der Waals surface area contributed by atoms with Gasteiger partial charge in [-0.25, -0.2) is 4.98 Å². The quantitative estimate of drug-likeness (QED) is 0.865. The van der Waals surface area contributed by atoms with Gasteiger partial charge in [-0.05, 0) is 63.2 Å². The lowest BCUT2D eigenvalue weighted by Gasteiger charge is -2.21. The number of nitrogens with one attached hydrogen (secondary N) is 2. The number of nitrogens with zero attached hydrogens (tertiary/aromatic N) is 1. The molecule has 6 heteroatoms. The van der Waals surface area contributed by atoms with E-state index in [0.717, 1.165) is 44.3 Å². The SMILES string of the molecule is Cl.O=C(NCc1ccnc(OC2CCCC2)c1)C1CCNCC1. The van der Waals surface area contributed by atoms with E-state index < -0.39 is 0 Å². The molecule has 1 aromatic rings. The van der Waals surface area contributed by atoms with Gasteiger partial charge in [-0.3, -0.25) is 4.79 Å². The number of pyridine rings is 1. The van der Waals surface area contributed by atoms with Crippen LogP contribution in [-0.4, -0.2) is 30.1 Å². The Morgan fingerprint density at radius 2 is 2.00 bits per heavy atom. The second kappa shape index (κ2) is 9.08. The number of piperidine rings is 1. The zero-order chi connectivity index (χ0) is 15.2. The number of ether oxygens (including phenoxy) is 1. The van der Waals surface area contributed by atoms with E-state index >= 15 is 0 Å². The number of carbonyl (C=O) groups excluding carboxylic acids is 1. The first-order valence-electron chi connectivity index (χ1n) is 8.41. The molecule has 2 N–H and O–H groups in total. The van der Waals surface area contributed by atoms with E-state index in [9.17, 15) is 4.79 Å². The molecule has 5 nitrogen and oxygen atoms in total. The maximum absolute atomic E-state index is 12.1. The lowest BCUT2D eigenvalue weighted by molar-refractivity contribution is -0.125. The Kier molecular flexibility index (Phi) is 7.12. The number of hydrogen-bond acceptors (Lipinski definition) is 4. The van der Waals surface area contributed by atoms with Crippen LogP contribution in [0.25, 0.3) is 0 Å².